The number of nitrogens with one attached hydrogen (secondary N) is 2. The lowest BCUT2D eigenvalue weighted by Gasteiger charge is -2.13. The van der Waals surface area contributed by atoms with Gasteiger partial charge in [-0.2, -0.15) is 13.2 Å². The molecule has 0 aliphatic heterocycles. The van der Waals surface area contributed by atoms with Crippen molar-refractivity contribution < 1.29 is 22.9 Å². The molecule has 0 aliphatic rings. The minimum Gasteiger partial charge on any atom is -0.368 e. The first-order chi connectivity index (χ1) is 12.3. The number of pyridine rings is 1. The summed E-state index contributed by atoms with van der Waals surface area (Å²) < 4.78 is 38.5. The summed E-state index contributed by atoms with van der Waals surface area (Å²) in [7, 11) is 0. The van der Waals surface area contributed by atoms with Crippen LogP contribution in [0.15, 0.2) is 42.6 Å². The van der Waals surface area contributed by atoms with Gasteiger partial charge < -0.3 is 10.6 Å². The third kappa shape index (κ3) is 5.16. The van der Waals surface area contributed by atoms with Crippen LogP contribution in [0.5, 0.6) is 0 Å². The summed E-state index contributed by atoms with van der Waals surface area (Å²) >= 11 is 0. The minimum absolute atomic E-state index is 0.0166. The van der Waals surface area contributed by atoms with Crippen LogP contribution in [0, 0.1) is 10.1 Å². The predicted octanol–water partition coefficient (Wildman–Crippen LogP) is 2.78. The van der Waals surface area contributed by atoms with Crippen LogP contribution in [0.3, 0.4) is 0 Å². The predicted molar refractivity (Wildman–Crippen MR) is 87.5 cm³/mol. The molecule has 0 spiro atoms. The molecular weight excluding hydrogens is 353 g/mol. The molecule has 138 valence electrons. The molecule has 0 unspecified atom stereocenters. The van der Waals surface area contributed by atoms with Gasteiger partial charge in [-0.25, -0.2) is 4.98 Å². The Morgan fingerprint density at radius 1 is 1.15 bits per heavy atom. The van der Waals surface area contributed by atoms with Gasteiger partial charge in [0.05, 0.1) is 16.9 Å². The van der Waals surface area contributed by atoms with Crippen molar-refractivity contribution in [3.63, 3.8) is 0 Å². The number of hydrogen-bond acceptors (Lipinski definition) is 5. The Balaban J connectivity index is 1.86. The summed E-state index contributed by atoms with van der Waals surface area (Å²) in [6.07, 6.45) is -3.51. The van der Waals surface area contributed by atoms with Gasteiger partial charge in [-0.05, 0) is 12.1 Å². The maximum atomic E-state index is 12.8. The van der Waals surface area contributed by atoms with E-state index in [1.165, 1.54) is 30.5 Å². The lowest BCUT2D eigenvalue weighted by Crippen LogP contribution is -2.30. The van der Waals surface area contributed by atoms with Gasteiger partial charge in [-0.1, -0.05) is 18.2 Å². The highest BCUT2D eigenvalue weighted by molar-refractivity contribution is 5.79. The zero-order valence-electron chi connectivity index (χ0n) is 13.4. The molecular formula is C16H15F3N4O3. The van der Waals surface area contributed by atoms with E-state index in [0.717, 1.165) is 6.07 Å². The Hall–Kier alpha value is -3.17. The summed E-state index contributed by atoms with van der Waals surface area (Å²) in [6.45, 7) is 0.0516. The fraction of sp³-hybridized carbons (Fsp3) is 0.250. The molecule has 0 fully saturated rings. The lowest BCUT2D eigenvalue weighted by atomic mass is 10.1. The van der Waals surface area contributed by atoms with E-state index >= 15 is 0 Å². The number of halogens is 3. The van der Waals surface area contributed by atoms with E-state index < -0.39 is 22.6 Å². The molecule has 0 atom stereocenters. The minimum atomic E-state index is -4.54. The number of rotatable bonds is 7. The highest BCUT2D eigenvalue weighted by atomic mass is 19.4. The second-order valence-electron chi connectivity index (χ2n) is 5.24. The van der Waals surface area contributed by atoms with Gasteiger partial charge in [0.1, 0.15) is 5.82 Å². The molecule has 1 aromatic carbocycles. The summed E-state index contributed by atoms with van der Waals surface area (Å²) in [5.74, 6) is -0.800. The number of benzene rings is 1. The average Bonchev–Trinajstić information content (AvgIpc) is 2.58. The first kappa shape index (κ1) is 19.2. The molecule has 26 heavy (non-hydrogen) atoms. The Morgan fingerprint density at radius 2 is 1.88 bits per heavy atom. The third-order valence-corrected chi connectivity index (χ3v) is 3.39. The number of carbonyl (C=O) groups excluding carboxylic acids is 1. The first-order valence-electron chi connectivity index (χ1n) is 7.54. The molecule has 0 saturated carbocycles. The second-order valence-corrected chi connectivity index (χ2v) is 5.24. The van der Waals surface area contributed by atoms with E-state index in [2.05, 4.69) is 15.6 Å². The van der Waals surface area contributed by atoms with Crippen molar-refractivity contribution >= 4 is 17.4 Å². The largest absolute Gasteiger partial charge is 0.419 e. The van der Waals surface area contributed by atoms with Crippen LogP contribution in [0.25, 0.3) is 0 Å². The van der Waals surface area contributed by atoms with Crippen LogP contribution in [0.1, 0.15) is 11.1 Å². The molecule has 0 radical (unpaired) electrons. The van der Waals surface area contributed by atoms with Crippen molar-refractivity contribution in [2.75, 3.05) is 18.4 Å². The average molecular weight is 368 g/mol. The Bertz CT molecular complexity index is 796. The van der Waals surface area contributed by atoms with Gasteiger partial charge in [0.15, 0.2) is 0 Å². The van der Waals surface area contributed by atoms with Crippen molar-refractivity contribution in [1.82, 2.24) is 10.3 Å². The highest BCUT2D eigenvalue weighted by Crippen LogP contribution is 2.33. The number of aromatic nitrogens is 1. The number of carbonyl (C=O) groups is 1. The highest BCUT2D eigenvalue weighted by Gasteiger charge is 2.33. The van der Waals surface area contributed by atoms with Crippen LogP contribution in [0.2, 0.25) is 0 Å². The number of anilines is 1. The summed E-state index contributed by atoms with van der Waals surface area (Å²) in [4.78, 5) is 25.8. The van der Waals surface area contributed by atoms with Crippen molar-refractivity contribution in [3.05, 3.63) is 63.8 Å². The van der Waals surface area contributed by atoms with E-state index in [4.69, 9.17) is 0 Å². The number of alkyl halides is 3. The maximum Gasteiger partial charge on any atom is 0.419 e. The van der Waals surface area contributed by atoms with Crippen molar-refractivity contribution in [1.29, 1.82) is 0 Å². The molecule has 2 aromatic rings. The monoisotopic (exact) mass is 368 g/mol. The topological polar surface area (TPSA) is 97.2 Å². The summed E-state index contributed by atoms with van der Waals surface area (Å²) in [5.41, 5.74) is -0.803. The normalized spacial score (nSPS) is 11.0. The molecule has 7 nitrogen and oxygen atoms in total. The van der Waals surface area contributed by atoms with E-state index in [1.807, 2.05) is 0 Å². The van der Waals surface area contributed by atoms with Gasteiger partial charge in [-0.3, -0.25) is 14.9 Å². The number of nitro groups is 1. The molecule has 1 amide bonds. The molecule has 2 N–H and O–H groups in total. The molecule has 0 saturated heterocycles. The second kappa shape index (κ2) is 8.28. The number of nitro benzene ring substituents is 1. The van der Waals surface area contributed by atoms with E-state index in [-0.39, 0.29) is 36.6 Å². The third-order valence-electron chi connectivity index (χ3n) is 3.39. The van der Waals surface area contributed by atoms with E-state index in [1.54, 1.807) is 6.07 Å². The van der Waals surface area contributed by atoms with Crippen LogP contribution in [-0.4, -0.2) is 28.9 Å². The number of nitrogens with zero attached hydrogens (tertiary/aromatic N) is 2. The molecule has 2 rings (SSSR count). The molecule has 1 heterocycles. The van der Waals surface area contributed by atoms with Crippen molar-refractivity contribution in [2.45, 2.75) is 12.6 Å². The molecule has 0 bridgehead atoms. The first-order valence-corrected chi connectivity index (χ1v) is 7.54. The Labute approximate surface area is 146 Å². The van der Waals surface area contributed by atoms with Gasteiger partial charge >= 0.3 is 6.18 Å². The Morgan fingerprint density at radius 3 is 2.58 bits per heavy atom. The fourth-order valence-corrected chi connectivity index (χ4v) is 2.23. The van der Waals surface area contributed by atoms with E-state index in [9.17, 15) is 28.1 Å². The molecule has 0 aliphatic carbocycles. The van der Waals surface area contributed by atoms with Crippen LogP contribution in [0.4, 0.5) is 24.7 Å². The SMILES string of the molecule is O=C(Cc1ccccc1[N+](=O)[O-])NCCNc1ncccc1C(F)(F)F. The summed E-state index contributed by atoms with van der Waals surface area (Å²) in [6, 6.07) is 7.93. The van der Waals surface area contributed by atoms with E-state index in [0.29, 0.717) is 0 Å². The number of amides is 1. The zero-order chi connectivity index (χ0) is 19.2. The fourth-order valence-electron chi connectivity index (χ4n) is 2.23. The zero-order valence-corrected chi connectivity index (χ0v) is 13.4. The van der Waals surface area contributed by atoms with Crippen molar-refractivity contribution in [2.24, 2.45) is 0 Å². The summed E-state index contributed by atoms with van der Waals surface area (Å²) in [5, 5.41) is 15.9. The Kier molecular flexibility index (Phi) is 6.10. The maximum absolute atomic E-state index is 12.8. The van der Waals surface area contributed by atoms with Crippen LogP contribution in [-0.2, 0) is 17.4 Å². The van der Waals surface area contributed by atoms with Crippen LogP contribution < -0.4 is 10.6 Å². The molecule has 1 aromatic heterocycles. The molecule has 10 heteroatoms. The lowest BCUT2D eigenvalue weighted by molar-refractivity contribution is -0.385. The number of para-hydroxylation sites is 1. The van der Waals surface area contributed by atoms with Crippen LogP contribution >= 0.6 is 0 Å². The van der Waals surface area contributed by atoms with Crippen molar-refractivity contribution in [3.8, 4) is 0 Å². The number of hydrogen-bond donors (Lipinski definition) is 2. The standard InChI is InChI=1S/C16H15F3N4O3/c17-16(18,19)12-5-3-7-21-15(12)22-9-8-20-14(24)10-11-4-1-2-6-13(11)23(25)26/h1-7H,8-10H2,(H,20,24)(H,21,22). The van der Waals surface area contributed by atoms with Gasteiger partial charge in [0, 0.05) is 30.9 Å². The quantitative estimate of drug-likeness (QED) is 0.445. The van der Waals surface area contributed by atoms with Gasteiger partial charge in [-0.15, -0.1) is 0 Å². The smallest absolute Gasteiger partial charge is 0.368 e. The van der Waals surface area contributed by atoms with Gasteiger partial charge in [0.25, 0.3) is 5.69 Å². The van der Waals surface area contributed by atoms with Gasteiger partial charge in [0.2, 0.25) is 5.91 Å².